The van der Waals surface area contributed by atoms with Crippen molar-refractivity contribution in [2.75, 3.05) is 18.0 Å². The van der Waals surface area contributed by atoms with Gasteiger partial charge in [-0.05, 0) is 67.0 Å². The summed E-state index contributed by atoms with van der Waals surface area (Å²) in [4.78, 5) is 7.00. The van der Waals surface area contributed by atoms with Crippen LogP contribution in [0.15, 0.2) is 48.7 Å². The lowest BCUT2D eigenvalue weighted by Gasteiger charge is -2.42. The highest BCUT2D eigenvalue weighted by molar-refractivity contribution is 5.75. The average molecular weight is 464 g/mol. The summed E-state index contributed by atoms with van der Waals surface area (Å²) in [6.45, 7) is 3.20. The molecule has 0 bridgehead atoms. The average Bonchev–Trinajstić information content (AvgIpc) is 3.41. The predicted octanol–water partition coefficient (Wildman–Crippen LogP) is 4.96. The minimum Gasteiger partial charge on any atom is -0.355 e. The van der Waals surface area contributed by atoms with Gasteiger partial charge in [0.15, 0.2) is 17.5 Å². The lowest BCUT2D eigenvalue weighted by Crippen LogP contribution is -2.44. The number of piperidine rings is 1. The molecule has 1 saturated heterocycles. The summed E-state index contributed by atoms with van der Waals surface area (Å²) in [5.41, 5.74) is 9.97. The topological polar surface area (TPSA) is 59.5 Å². The third-order valence-corrected chi connectivity index (χ3v) is 7.64. The Morgan fingerprint density at radius 3 is 2.50 bits per heavy atom. The summed E-state index contributed by atoms with van der Waals surface area (Å²) < 4.78 is 44.6. The van der Waals surface area contributed by atoms with Crippen molar-refractivity contribution < 1.29 is 13.2 Å². The molecule has 0 saturated carbocycles. The number of benzene rings is 2. The molecule has 2 N–H and O–H groups in total. The lowest BCUT2D eigenvalue weighted by atomic mass is 9.73. The second-order valence-electron chi connectivity index (χ2n) is 9.41. The molecule has 1 atom stereocenters. The zero-order chi connectivity index (χ0) is 23.6. The monoisotopic (exact) mass is 463 g/mol. The van der Waals surface area contributed by atoms with E-state index in [-0.39, 0.29) is 22.8 Å². The van der Waals surface area contributed by atoms with Crippen LogP contribution < -0.4 is 10.6 Å². The number of fused-ring (bicyclic) bond motifs is 2. The molecular formula is C26H24F3N5. The number of hydrogen-bond acceptors (Lipinski definition) is 4. The number of aromatic nitrogens is 3. The molecule has 34 heavy (non-hydrogen) atoms. The van der Waals surface area contributed by atoms with Crippen molar-refractivity contribution in [1.29, 1.82) is 0 Å². The fourth-order valence-electron chi connectivity index (χ4n) is 5.80. The molecule has 2 aromatic heterocycles. The number of nitrogens with zero attached hydrogens (tertiary/aromatic N) is 4. The molecular weight excluding hydrogens is 439 g/mol. The SMILES string of the molecule is Cc1nc(N2CCC3(CC2)Cc2c(F)cccc2[C@H]3N)c2ccnn2c1-c1cccc(F)c1F. The van der Waals surface area contributed by atoms with E-state index in [9.17, 15) is 13.2 Å². The molecule has 2 aliphatic rings. The molecule has 5 nitrogen and oxygen atoms in total. The second kappa shape index (κ2) is 7.56. The summed E-state index contributed by atoms with van der Waals surface area (Å²) in [6, 6.07) is 10.9. The van der Waals surface area contributed by atoms with Gasteiger partial charge in [-0.3, -0.25) is 0 Å². The van der Waals surface area contributed by atoms with Crippen molar-refractivity contribution in [3.63, 3.8) is 0 Å². The van der Waals surface area contributed by atoms with Gasteiger partial charge in [-0.25, -0.2) is 22.7 Å². The first-order valence-electron chi connectivity index (χ1n) is 11.5. The van der Waals surface area contributed by atoms with Gasteiger partial charge in [-0.1, -0.05) is 18.2 Å². The van der Waals surface area contributed by atoms with Gasteiger partial charge in [0.05, 0.1) is 17.6 Å². The van der Waals surface area contributed by atoms with Crippen LogP contribution in [-0.2, 0) is 6.42 Å². The molecule has 0 amide bonds. The highest BCUT2D eigenvalue weighted by Crippen LogP contribution is 2.51. The fraction of sp³-hybridized carbons (Fsp3) is 0.308. The van der Waals surface area contributed by atoms with Crippen molar-refractivity contribution in [3.8, 4) is 11.3 Å². The fourth-order valence-corrected chi connectivity index (χ4v) is 5.80. The first-order valence-corrected chi connectivity index (χ1v) is 11.5. The van der Waals surface area contributed by atoms with Crippen LogP contribution >= 0.6 is 0 Å². The maximum atomic E-state index is 14.6. The maximum Gasteiger partial charge on any atom is 0.168 e. The third-order valence-electron chi connectivity index (χ3n) is 7.64. The Labute approximate surface area is 195 Å². The van der Waals surface area contributed by atoms with Crippen LogP contribution in [0.2, 0.25) is 0 Å². The number of nitrogens with two attached hydrogens (primary N) is 1. The maximum absolute atomic E-state index is 14.6. The molecule has 6 rings (SSSR count). The molecule has 1 spiro atoms. The summed E-state index contributed by atoms with van der Waals surface area (Å²) in [5.74, 6) is -1.25. The van der Waals surface area contributed by atoms with Crippen LogP contribution in [-0.4, -0.2) is 27.7 Å². The van der Waals surface area contributed by atoms with Crippen LogP contribution in [0.3, 0.4) is 0 Å². The number of anilines is 1. The second-order valence-corrected chi connectivity index (χ2v) is 9.41. The summed E-state index contributed by atoms with van der Waals surface area (Å²) >= 11 is 0. The van der Waals surface area contributed by atoms with Gasteiger partial charge in [0.25, 0.3) is 0 Å². The van der Waals surface area contributed by atoms with E-state index in [0.717, 1.165) is 41.4 Å². The van der Waals surface area contributed by atoms with Crippen molar-refractivity contribution in [2.24, 2.45) is 11.1 Å². The molecule has 174 valence electrons. The Kier molecular flexibility index (Phi) is 4.71. The van der Waals surface area contributed by atoms with Crippen molar-refractivity contribution in [2.45, 2.75) is 32.2 Å². The number of aryl methyl sites for hydroxylation is 1. The minimum absolute atomic E-state index is 0.125. The van der Waals surface area contributed by atoms with E-state index < -0.39 is 11.6 Å². The van der Waals surface area contributed by atoms with E-state index in [1.165, 1.54) is 18.2 Å². The Hall–Kier alpha value is -3.39. The highest BCUT2D eigenvalue weighted by atomic mass is 19.2. The van der Waals surface area contributed by atoms with E-state index >= 15 is 0 Å². The molecule has 1 fully saturated rings. The Morgan fingerprint density at radius 1 is 1.00 bits per heavy atom. The Bertz CT molecular complexity index is 1420. The number of rotatable bonds is 2. The van der Waals surface area contributed by atoms with E-state index in [1.807, 2.05) is 12.1 Å². The van der Waals surface area contributed by atoms with Gasteiger partial charge in [-0.2, -0.15) is 5.10 Å². The van der Waals surface area contributed by atoms with E-state index in [1.54, 1.807) is 23.7 Å². The van der Waals surface area contributed by atoms with Crippen molar-refractivity contribution in [3.05, 3.63) is 82.9 Å². The van der Waals surface area contributed by atoms with Crippen LogP contribution in [0.5, 0.6) is 0 Å². The smallest absolute Gasteiger partial charge is 0.168 e. The summed E-state index contributed by atoms with van der Waals surface area (Å²) in [5, 5.41) is 4.40. The van der Waals surface area contributed by atoms with Gasteiger partial charge in [0.1, 0.15) is 11.3 Å². The predicted molar refractivity (Wildman–Crippen MR) is 124 cm³/mol. The molecule has 4 aromatic rings. The largest absolute Gasteiger partial charge is 0.355 e. The van der Waals surface area contributed by atoms with Gasteiger partial charge in [0, 0.05) is 24.7 Å². The van der Waals surface area contributed by atoms with E-state index in [0.29, 0.717) is 30.9 Å². The molecule has 1 aliphatic heterocycles. The molecule has 0 unspecified atom stereocenters. The first-order chi connectivity index (χ1) is 16.4. The highest BCUT2D eigenvalue weighted by Gasteiger charge is 2.47. The van der Waals surface area contributed by atoms with Crippen molar-refractivity contribution in [1.82, 2.24) is 14.6 Å². The van der Waals surface area contributed by atoms with Gasteiger partial charge < -0.3 is 10.6 Å². The molecule has 1 aliphatic carbocycles. The van der Waals surface area contributed by atoms with Crippen LogP contribution in [0.4, 0.5) is 19.0 Å². The van der Waals surface area contributed by atoms with Gasteiger partial charge in [0.2, 0.25) is 0 Å². The van der Waals surface area contributed by atoms with E-state index in [4.69, 9.17) is 10.7 Å². The summed E-state index contributed by atoms with van der Waals surface area (Å²) in [7, 11) is 0. The molecule has 2 aromatic carbocycles. The van der Waals surface area contributed by atoms with Crippen LogP contribution in [0, 0.1) is 29.8 Å². The molecule has 8 heteroatoms. The number of halogens is 3. The summed E-state index contributed by atoms with van der Waals surface area (Å²) in [6.07, 6.45) is 3.90. The van der Waals surface area contributed by atoms with Crippen molar-refractivity contribution >= 4 is 11.3 Å². The normalized spacial score (nSPS) is 19.2. The first kappa shape index (κ1) is 21.2. The third kappa shape index (κ3) is 2.98. The van der Waals surface area contributed by atoms with Gasteiger partial charge >= 0.3 is 0 Å². The van der Waals surface area contributed by atoms with Gasteiger partial charge in [-0.15, -0.1) is 0 Å². The van der Waals surface area contributed by atoms with Crippen LogP contribution in [0.1, 0.15) is 35.7 Å². The lowest BCUT2D eigenvalue weighted by molar-refractivity contribution is 0.186. The van der Waals surface area contributed by atoms with Crippen LogP contribution in [0.25, 0.3) is 16.8 Å². The Balaban J connectivity index is 1.34. The zero-order valence-corrected chi connectivity index (χ0v) is 18.7. The molecule has 3 heterocycles. The molecule has 0 radical (unpaired) electrons. The quantitative estimate of drug-likeness (QED) is 0.456. The Morgan fingerprint density at radius 2 is 1.74 bits per heavy atom. The standard InChI is InChI=1S/C26H24F3N5/c1-15-23(17-5-3-7-20(28)22(17)29)34-21(8-11-31-34)25(32-15)33-12-9-26(10-13-33)14-18-16(24(26)30)4-2-6-19(18)27/h2-8,11,24H,9-10,12-14,30H2,1H3/t24-/m1/s1. The minimum atomic E-state index is -0.918. The van der Waals surface area contributed by atoms with E-state index in [2.05, 4.69) is 10.00 Å². The number of hydrogen-bond donors (Lipinski definition) is 1. The zero-order valence-electron chi connectivity index (χ0n) is 18.7.